The molecule has 6 heteroatoms. The minimum absolute atomic E-state index is 0.103. The van der Waals surface area contributed by atoms with Gasteiger partial charge in [-0.1, -0.05) is 30.3 Å². The van der Waals surface area contributed by atoms with Crippen LogP contribution in [0.15, 0.2) is 79.3 Å². The number of aryl methyl sites for hydroxylation is 2. The van der Waals surface area contributed by atoms with Gasteiger partial charge in [0.25, 0.3) is 0 Å². The minimum Gasteiger partial charge on any atom is -0.348 e. The molecule has 2 aromatic carbocycles. The Bertz CT molecular complexity index is 1330. The molecule has 5 rings (SSSR count). The molecular weight excluding hydrogens is 384 g/mol. The smallest absolute Gasteiger partial charge is 0.225 e. The largest absolute Gasteiger partial charge is 0.348 e. The van der Waals surface area contributed by atoms with E-state index >= 15 is 0 Å². The molecule has 154 valence electrons. The zero-order valence-corrected chi connectivity index (χ0v) is 17.8. The second-order valence-corrected chi connectivity index (χ2v) is 7.75. The molecule has 0 aliphatic rings. The molecule has 0 saturated heterocycles. The van der Waals surface area contributed by atoms with Gasteiger partial charge in [-0.25, -0.2) is 9.97 Å². The molecule has 0 saturated carbocycles. The maximum Gasteiger partial charge on any atom is 0.225 e. The number of rotatable bonds is 5. The zero-order chi connectivity index (χ0) is 21.4. The number of benzene rings is 2. The molecule has 6 nitrogen and oxygen atoms in total. The summed E-state index contributed by atoms with van der Waals surface area (Å²) in [5, 5.41) is 3.39. The van der Waals surface area contributed by atoms with Gasteiger partial charge in [0, 0.05) is 23.3 Å². The SMILES string of the molecule is Cc1ccc(C)n1-c1ccc2c(c1)ncn2-c1ccnc(N[C@@H](C)c2ccccc2)n1. The van der Waals surface area contributed by atoms with Crippen molar-refractivity contribution in [2.24, 2.45) is 0 Å². The predicted octanol–water partition coefficient (Wildman–Crippen LogP) is 5.40. The lowest BCUT2D eigenvalue weighted by atomic mass is 10.1. The molecule has 0 aliphatic heterocycles. The van der Waals surface area contributed by atoms with Gasteiger partial charge in [0.15, 0.2) is 0 Å². The van der Waals surface area contributed by atoms with E-state index in [-0.39, 0.29) is 6.04 Å². The van der Waals surface area contributed by atoms with E-state index < -0.39 is 0 Å². The summed E-state index contributed by atoms with van der Waals surface area (Å²) in [6.07, 6.45) is 3.59. The molecule has 0 aliphatic carbocycles. The van der Waals surface area contributed by atoms with Crippen LogP contribution in [0.1, 0.15) is 29.9 Å². The van der Waals surface area contributed by atoms with Crippen LogP contribution in [0.5, 0.6) is 0 Å². The monoisotopic (exact) mass is 408 g/mol. The van der Waals surface area contributed by atoms with Gasteiger partial charge in [-0.15, -0.1) is 0 Å². The van der Waals surface area contributed by atoms with Crippen molar-refractivity contribution in [3.05, 3.63) is 96.2 Å². The fraction of sp³-hybridized carbons (Fsp3) is 0.160. The van der Waals surface area contributed by atoms with Gasteiger partial charge in [-0.2, -0.15) is 4.98 Å². The van der Waals surface area contributed by atoms with Gasteiger partial charge < -0.3 is 9.88 Å². The standard InChI is InChI=1S/C25H24N6/c1-17-9-10-18(2)31(17)21-11-12-23-22(15-21)27-16-30(23)24-13-14-26-25(29-24)28-19(3)20-7-5-4-6-8-20/h4-16,19H,1-3H3,(H,26,28,29)/t19-/m0/s1. The molecule has 0 radical (unpaired) electrons. The second-order valence-electron chi connectivity index (χ2n) is 7.75. The van der Waals surface area contributed by atoms with E-state index in [0.29, 0.717) is 5.95 Å². The van der Waals surface area contributed by atoms with E-state index in [4.69, 9.17) is 4.98 Å². The number of imidazole rings is 1. The first-order valence-electron chi connectivity index (χ1n) is 10.4. The summed E-state index contributed by atoms with van der Waals surface area (Å²) in [7, 11) is 0. The van der Waals surface area contributed by atoms with Crippen LogP contribution >= 0.6 is 0 Å². The lowest BCUT2D eigenvalue weighted by Crippen LogP contribution is -2.10. The first-order valence-corrected chi connectivity index (χ1v) is 10.4. The van der Waals surface area contributed by atoms with E-state index in [2.05, 4.69) is 83.1 Å². The van der Waals surface area contributed by atoms with Crippen LogP contribution in [0.25, 0.3) is 22.5 Å². The summed E-state index contributed by atoms with van der Waals surface area (Å²) in [4.78, 5) is 13.8. The second kappa shape index (κ2) is 7.72. The van der Waals surface area contributed by atoms with E-state index in [1.165, 1.54) is 17.0 Å². The van der Waals surface area contributed by atoms with E-state index in [0.717, 1.165) is 22.5 Å². The van der Waals surface area contributed by atoms with Crippen LogP contribution in [0.2, 0.25) is 0 Å². The highest BCUT2D eigenvalue weighted by atomic mass is 15.2. The average Bonchev–Trinajstić information content (AvgIpc) is 3.36. The molecule has 31 heavy (non-hydrogen) atoms. The third-order valence-electron chi connectivity index (χ3n) is 5.59. The summed E-state index contributed by atoms with van der Waals surface area (Å²) in [5.41, 5.74) is 6.64. The Labute approximate surface area is 181 Å². The van der Waals surface area contributed by atoms with E-state index in [9.17, 15) is 0 Å². The summed E-state index contributed by atoms with van der Waals surface area (Å²) in [5.74, 6) is 1.37. The number of nitrogens with zero attached hydrogens (tertiary/aromatic N) is 5. The topological polar surface area (TPSA) is 60.6 Å². The van der Waals surface area contributed by atoms with Crippen LogP contribution in [0.4, 0.5) is 5.95 Å². The van der Waals surface area contributed by atoms with Gasteiger partial charge in [-0.05, 0) is 62.7 Å². The predicted molar refractivity (Wildman–Crippen MR) is 124 cm³/mol. The highest BCUT2D eigenvalue weighted by molar-refractivity contribution is 5.79. The van der Waals surface area contributed by atoms with Gasteiger partial charge in [0.1, 0.15) is 12.1 Å². The van der Waals surface area contributed by atoms with Crippen molar-refractivity contribution in [3.8, 4) is 11.5 Å². The number of anilines is 1. The van der Waals surface area contributed by atoms with E-state index in [1.54, 1.807) is 6.20 Å². The Morgan fingerprint density at radius 3 is 2.42 bits per heavy atom. The Balaban J connectivity index is 1.47. The summed E-state index contributed by atoms with van der Waals surface area (Å²) in [6.45, 7) is 6.33. The summed E-state index contributed by atoms with van der Waals surface area (Å²) >= 11 is 0. The Morgan fingerprint density at radius 1 is 0.871 bits per heavy atom. The molecule has 5 aromatic rings. The first-order chi connectivity index (χ1) is 15.1. The summed E-state index contributed by atoms with van der Waals surface area (Å²) < 4.78 is 4.23. The minimum atomic E-state index is 0.103. The van der Waals surface area contributed by atoms with Crippen LogP contribution in [-0.4, -0.2) is 24.1 Å². The van der Waals surface area contributed by atoms with Gasteiger partial charge in [0.05, 0.1) is 17.1 Å². The van der Waals surface area contributed by atoms with Crippen molar-refractivity contribution < 1.29 is 0 Å². The number of hydrogen-bond donors (Lipinski definition) is 1. The van der Waals surface area contributed by atoms with Crippen LogP contribution < -0.4 is 5.32 Å². The normalized spacial score (nSPS) is 12.2. The average molecular weight is 409 g/mol. The molecule has 0 unspecified atom stereocenters. The van der Waals surface area contributed by atoms with Crippen molar-refractivity contribution in [3.63, 3.8) is 0 Å². The van der Waals surface area contributed by atoms with Crippen LogP contribution in [0, 0.1) is 13.8 Å². The number of fused-ring (bicyclic) bond motifs is 1. The van der Waals surface area contributed by atoms with Crippen molar-refractivity contribution in [1.82, 2.24) is 24.1 Å². The van der Waals surface area contributed by atoms with Crippen molar-refractivity contribution in [2.45, 2.75) is 26.8 Å². The maximum absolute atomic E-state index is 4.73. The van der Waals surface area contributed by atoms with Crippen LogP contribution in [0.3, 0.4) is 0 Å². The Kier molecular flexibility index (Phi) is 4.75. The highest BCUT2D eigenvalue weighted by Gasteiger charge is 2.12. The molecule has 0 amide bonds. The third-order valence-corrected chi connectivity index (χ3v) is 5.59. The zero-order valence-electron chi connectivity index (χ0n) is 17.8. The molecule has 3 heterocycles. The Morgan fingerprint density at radius 2 is 1.65 bits per heavy atom. The third kappa shape index (κ3) is 3.57. The van der Waals surface area contributed by atoms with Gasteiger partial charge in [0.2, 0.25) is 5.95 Å². The number of nitrogens with one attached hydrogen (secondary N) is 1. The lowest BCUT2D eigenvalue weighted by Gasteiger charge is -2.14. The first kappa shape index (κ1) is 19.1. The summed E-state index contributed by atoms with van der Waals surface area (Å²) in [6, 6.07) is 22.9. The van der Waals surface area contributed by atoms with E-state index in [1.807, 2.05) is 35.2 Å². The fourth-order valence-electron chi connectivity index (χ4n) is 3.97. The molecule has 0 fully saturated rings. The quantitative estimate of drug-likeness (QED) is 0.423. The molecule has 1 N–H and O–H groups in total. The van der Waals surface area contributed by atoms with Gasteiger partial charge >= 0.3 is 0 Å². The van der Waals surface area contributed by atoms with Crippen molar-refractivity contribution in [1.29, 1.82) is 0 Å². The van der Waals surface area contributed by atoms with Crippen LogP contribution in [-0.2, 0) is 0 Å². The molecule has 0 bridgehead atoms. The number of hydrogen-bond acceptors (Lipinski definition) is 4. The van der Waals surface area contributed by atoms with Gasteiger partial charge in [-0.3, -0.25) is 4.57 Å². The molecular formula is C25H24N6. The highest BCUT2D eigenvalue weighted by Crippen LogP contribution is 2.24. The maximum atomic E-state index is 4.73. The molecule has 0 spiro atoms. The van der Waals surface area contributed by atoms with Crippen molar-refractivity contribution >= 4 is 17.0 Å². The molecule has 3 aromatic heterocycles. The molecule has 1 atom stereocenters. The Hall–Kier alpha value is -3.93. The fourth-order valence-corrected chi connectivity index (χ4v) is 3.97. The number of aromatic nitrogens is 5. The lowest BCUT2D eigenvalue weighted by molar-refractivity contribution is 0.854. The van der Waals surface area contributed by atoms with Crippen molar-refractivity contribution in [2.75, 3.05) is 5.32 Å².